The van der Waals surface area contributed by atoms with Gasteiger partial charge < -0.3 is 10.4 Å². The molecule has 2 aromatic carbocycles. The molecule has 0 fully saturated rings. The number of aryl methyl sites for hydroxylation is 1. The average molecular weight is 382 g/mol. The number of aliphatic hydroxyl groups is 1. The number of nitrogens with one attached hydrogen (secondary N) is 1. The van der Waals surface area contributed by atoms with Crippen molar-refractivity contribution in [2.45, 2.75) is 30.9 Å². The van der Waals surface area contributed by atoms with E-state index in [9.17, 15) is 18.3 Å². The fourth-order valence-electron chi connectivity index (χ4n) is 2.46. The number of benzene rings is 2. The van der Waals surface area contributed by atoms with Crippen molar-refractivity contribution in [2.75, 3.05) is 6.26 Å². The Bertz CT molecular complexity index is 878. The molecule has 2 aromatic rings. The summed E-state index contributed by atoms with van der Waals surface area (Å²) in [5, 5.41) is 13.6. The number of sulfone groups is 1. The molecule has 1 amide bonds. The van der Waals surface area contributed by atoms with E-state index >= 15 is 0 Å². The van der Waals surface area contributed by atoms with Crippen molar-refractivity contribution in [2.24, 2.45) is 0 Å². The Morgan fingerprint density at radius 3 is 2.32 bits per heavy atom. The van der Waals surface area contributed by atoms with Gasteiger partial charge in [-0.25, -0.2) is 8.42 Å². The largest absolute Gasteiger partial charge is 0.386 e. The summed E-state index contributed by atoms with van der Waals surface area (Å²) < 4.78 is 23.6. The number of carbonyl (C=O) groups is 1. The van der Waals surface area contributed by atoms with E-state index in [4.69, 9.17) is 11.6 Å². The first-order valence-electron chi connectivity index (χ1n) is 7.64. The molecule has 2 N–H and O–H groups in total. The van der Waals surface area contributed by atoms with Crippen molar-refractivity contribution in [1.29, 1.82) is 0 Å². The third-order valence-electron chi connectivity index (χ3n) is 3.89. The molecule has 2 rings (SSSR count). The predicted octanol–water partition coefficient (Wildman–Crippen LogP) is 2.90. The number of rotatable bonds is 5. The lowest BCUT2D eigenvalue weighted by molar-refractivity contribution is 0.0852. The molecule has 5 nitrogen and oxygen atoms in total. The van der Waals surface area contributed by atoms with Crippen LogP contribution in [0.15, 0.2) is 47.4 Å². The van der Waals surface area contributed by atoms with Crippen LogP contribution in [-0.4, -0.2) is 31.7 Å². The van der Waals surface area contributed by atoms with Crippen LogP contribution in [0, 0.1) is 6.92 Å². The van der Waals surface area contributed by atoms with Crippen molar-refractivity contribution in [3.8, 4) is 0 Å². The summed E-state index contributed by atoms with van der Waals surface area (Å²) in [6.45, 7) is 3.34. The van der Waals surface area contributed by atoms with E-state index in [1.54, 1.807) is 50.2 Å². The van der Waals surface area contributed by atoms with Crippen LogP contribution in [0.4, 0.5) is 0 Å². The van der Waals surface area contributed by atoms with Gasteiger partial charge in [0.1, 0.15) is 0 Å². The van der Waals surface area contributed by atoms with Gasteiger partial charge in [0, 0.05) is 16.8 Å². The van der Waals surface area contributed by atoms with Crippen molar-refractivity contribution in [3.63, 3.8) is 0 Å². The lowest BCUT2D eigenvalue weighted by atomic mass is 10.0. The van der Waals surface area contributed by atoms with E-state index in [0.717, 1.165) is 6.26 Å². The third-order valence-corrected chi connectivity index (χ3v) is 5.38. The molecule has 134 valence electrons. The SMILES string of the molecule is Cc1ccc(C(=O)N[C@H](C)[C@@H](O)c2ccc(Cl)cc2)cc1S(C)(=O)=O. The Balaban J connectivity index is 2.17. The maximum atomic E-state index is 12.4. The fraction of sp³-hybridized carbons (Fsp3) is 0.278. The molecule has 7 heteroatoms. The van der Waals surface area contributed by atoms with Crippen molar-refractivity contribution in [3.05, 3.63) is 64.2 Å². The summed E-state index contributed by atoms with van der Waals surface area (Å²) >= 11 is 5.82. The molecule has 0 aliphatic rings. The summed E-state index contributed by atoms with van der Waals surface area (Å²) in [5.41, 5.74) is 1.42. The topological polar surface area (TPSA) is 83.5 Å². The molecular formula is C18H20ClNO4S. The van der Waals surface area contributed by atoms with E-state index in [0.29, 0.717) is 16.1 Å². The van der Waals surface area contributed by atoms with Crippen LogP contribution in [0.1, 0.15) is 34.5 Å². The Morgan fingerprint density at radius 1 is 1.16 bits per heavy atom. The van der Waals surface area contributed by atoms with Crippen molar-refractivity contribution in [1.82, 2.24) is 5.32 Å². The van der Waals surface area contributed by atoms with Gasteiger partial charge in [-0.1, -0.05) is 29.8 Å². The first-order valence-corrected chi connectivity index (χ1v) is 9.91. The number of halogens is 1. The summed E-state index contributed by atoms with van der Waals surface area (Å²) in [7, 11) is -3.42. The van der Waals surface area contributed by atoms with Gasteiger partial charge in [-0.05, 0) is 49.2 Å². The maximum Gasteiger partial charge on any atom is 0.251 e. The number of carbonyl (C=O) groups excluding carboxylic acids is 1. The number of hydrogen-bond acceptors (Lipinski definition) is 4. The molecule has 0 bridgehead atoms. The minimum atomic E-state index is -3.42. The van der Waals surface area contributed by atoms with Crippen molar-refractivity contribution < 1.29 is 18.3 Å². The molecule has 2 atom stereocenters. The summed E-state index contributed by atoms with van der Waals surface area (Å²) in [6, 6.07) is 10.6. The summed E-state index contributed by atoms with van der Waals surface area (Å²) in [4.78, 5) is 12.5. The first-order chi connectivity index (χ1) is 11.6. The van der Waals surface area contributed by atoms with Gasteiger partial charge in [-0.3, -0.25) is 4.79 Å². The highest BCUT2D eigenvalue weighted by molar-refractivity contribution is 7.90. The van der Waals surface area contributed by atoms with Gasteiger partial charge in [0.05, 0.1) is 17.0 Å². The first kappa shape index (κ1) is 19.4. The van der Waals surface area contributed by atoms with E-state index in [-0.39, 0.29) is 10.5 Å². The summed E-state index contributed by atoms with van der Waals surface area (Å²) in [5.74, 6) is -0.453. The lowest BCUT2D eigenvalue weighted by Crippen LogP contribution is -2.37. The zero-order valence-electron chi connectivity index (χ0n) is 14.2. The van der Waals surface area contributed by atoms with Crippen LogP contribution >= 0.6 is 11.6 Å². The molecule has 0 radical (unpaired) electrons. The minimum absolute atomic E-state index is 0.117. The van der Waals surface area contributed by atoms with Crippen LogP contribution in [0.3, 0.4) is 0 Å². The number of aliphatic hydroxyl groups excluding tert-OH is 1. The van der Waals surface area contributed by atoms with Gasteiger partial charge in [0.25, 0.3) is 5.91 Å². The third kappa shape index (κ3) is 4.81. The highest BCUT2D eigenvalue weighted by Gasteiger charge is 2.20. The Hall–Kier alpha value is -1.89. The minimum Gasteiger partial charge on any atom is -0.386 e. The Labute approximate surface area is 152 Å². The zero-order chi connectivity index (χ0) is 18.8. The lowest BCUT2D eigenvalue weighted by Gasteiger charge is -2.21. The highest BCUT2D eigenvalue weighted by atomic mass is 35.5. The molecule has 0 saturated heterocycles. The quantitative estimate of drug-likeness (QED) is 0.834. The van der Waals surface area contributed by atoms with Crippen LogP contribution < -0.4 is 5.32 Å². The predicted molar refractivity (Wildman–Crippen MR) is 97.6 cm³/mol. The molecule has 0 unspecified atom stereocenters. The molecule has 0 aromatic heterocycles. The molecule has 0 aliphatic heterocycles. The second-order valence-corrected chi connectivity index (χ2v) is 8.43. The van der Waals surface area contributed by atoms with E-state index < -0.39 is 27.9 Å². The second kappa shape index (κ2) is 7.56. The molecule has 0 spiro atoms. The number of hydrogen-bond donors (Lipinski definition) is 2. The molecule has 0 heterocycles. The monoisotopic (exact) mass is 381 g/mol. The molecule has 25 heavy (non-hydrogen) atoms. The summed E-state index contributed by atoms with van der Waals surface area (Å²) in [6.07, 6.45) is 0.185. The smallest absolute Gasteiger partial charge is 0.251 e. The fourth-order valence-corrected chi connectivity index (χ4v) is 3.58. The van der Waals surface area contributed by atoms with Gasteiger partial charge in [0.15, 0.2) is 9.84 Å². The Kier molecular flexibility index (Phi) is 5.87. The zero-order valence-corrected chi connectivity index (χ0v) is 15.7. The van der Waals surface area contributed by atoms with Gasteiger partial charge >= 0.3 is 0 Å². The van der Waals surface area contributed by atoms with Crippen LogP contribution in [0.2, 0.25) is 5.02 Å². The van der Waals surface area contributed by atoms with Gasteiger partial charge in [0.2, 0.25) is 0 Å². The van der Waals surface area contributed by atoms with Crippen LogP contribution in [-0.2, 0) is 9.84 Å². The normalized spacial score (nSPS) is 14.0. The molecular weight excluding hydrogens is 362 g/mol. The van der Waals surface area contributed by atoms with E-state index in [1.165, 1.54) is 6.07 Å². The average Bonchev–Trinajstić information content (AvgIpc) is 2.54. The number of amides is 1. The van der Waals surface area contributed by atoms with E-state index in [1.807, 2.05) is 0 Å². The highest BCUT2D eigenvalue weighted by Crippen LogP contribution is 2.21. The van der Waals surface area contributed by atoms with Crippen LogP contribution in [0.5, 0.6) is 0 Å². The Morgan fingerprint density at radius 2 is 1.76 bits per heavy atom. The molecule has 0 aliphatic carbocycles. The van der Waals surface area contributed by atoms with Crippen LogP contribution in [0.25, 0.3) is 0 Å². The molecule has 0 saturated carbocycles. The van der Waals surface area contributed by atoms with Gasteiger partial charge in [-0.15, -0.1) is 0 Å². The second-order valence-electron chi connectivity index (χ2n) is 6.01. The van der Waals surface area contributed by atoms with Crippen molar-refractivity contribution >= 4 is 27.3 Å². The van der Waals surface area contributed by atoms with Gasteiger partial charge in [-0.2, -0.15) is 0 Å². The maximum absolute atomic E-state index is 12.4. The van der Waals surface area contributed by atoms with E-state index in [2.05, 4.69) is 5.32 Å². The standard InChI is InChI=1S/C18H20ClNO4S/c1-11-4-5-14(10-16(11)25(3,23)24)18(22)20-12(2)17(21)13-6-8-15(19)9-7-13/h4-10,12,17,21H,1-3H3,(H,20,22)/t12-,17-/m1/s1.